The first kappa shape index (κ1) is 8.03. The van der Waals surface area contributed by atoms with Gasteiger partial charge in [-0.15, -0.1) is 0 Å². The van der Waals surface area contributed by atoms with Gasteiger partial charge in [0.05, 0.1) is 24.7 Å². The van der Waals surface area contributed by atoms with E-state index in [4.69, 9.17) is 10.00 Å². The molecule has 0 aromatic carbocycles. The molecule has 2 unspecified atom stereocenters. The molecule has 0 saturated carbocycles. The number of nitrogens with zero attached hydrogens (tertiary/aromatic N) is 1. The lowest BCUT2D eigenvalue weighted by molar-refractivity contribution is 0.0622. The summed E-state index contributed by atoms with van der Waals surface area (Å²) in [5.74, 6) is 0. The average molecular weight is 204 g/mol. The number of hydrogen-bond acceptors (Lipinski definition) is 2. The molecular formula is C7H10BrNO. The van der Waals surface area contributed by atoms with Crippen molar-refractivity contribution in [3.63, 3.8) is 0 Å². The minimum Gasteiger partial charge on any atom is -0.373 e. The largest absolute Gasteiger partial charge is 0.373 e. The number of alkyl halides is 1. The third kappa shape index (κ3) is 1.96. The molecule has 0 aromatic rings. The van der Waals surface area contributed by atoms with Gasteiger partial charge in [-0.2, -0.15) is 5.26 Å². The van der Waals surface area contributed by atoms with E-state index in [2.05, 4.69) is 22.0 Å². The van der Waals surface area contributed by atoms with E-state index in [-0.39, 0.29) is 6.10 Å². The molecule has 56 valence electrons. The second-order valence-electron chi connectivity index (χ2n) is 2.47. The smallest absolute Gasteiger partial charge is 0.0710 e. The van der Waals surface area contributed by atoms with Crippen LogP contribution in [0.25, 0.3) is 0 Å². The summed E-state index contributed by atoms with van der Waals surface area (Å²) < 4.78 is 5.48. The van der Waals surface area contributed by atoms with Gasteiger partial charge < -0.3 is 4.74 Å². The summed E-state index contributed by atoms with van der Waals surface area (Å²) in [6.45, 7) is 0. The van der Waals surface area contributed by atoms with Gasteiger partial charge in [-0.05, 0) is 12.8 Å². The maximum absolute atomic E-state index is 8.34. The van der Waals surface area contributed by atoms with Crippen LogP contribution < -0.4 is 0 Å². The Labute approximate surface area is 69.3 Å². The lowest BCUT2D eigenvalue weighted by atomic mass is 10.2. The van der Waals surface area contributed by atoms with Crippen LogP contribution in [0.1, 0.15) is 19.3 Å². The molecule has 0 aliphatic carbocycles. The molecule has 1 fully saturated rings. The predicted molar refractivity (Wildman–Crippen MR) is 41.9 cm³/mol. The second-order valence-corrected chi connectivity index (χ2v) is 3.12. The molecule has 3 heteroatoms. The fraction of sp³-hybridized carbons (Fsp3) is 0.857. The fourth-order valence-corrected chi connectivity index (χ4v) is 1.62. The highest BCUT2D eigenvalue weighted by Gasteiger charge is 2.23. The molecule has 1 rings (SSSR count). The van der Waals surface area contributed by atoms with Gasteiger partial charge in [-0.25, -0.2) is 0 Å². The van der Waals surface area contributed by atoms with E-state index >= 15 is 0 Å². The quantitative estimate of drug-likeness (QED) is 0.643. The molecular weight excluding hydrogens is 194 g/mol. The topological polar surface area (TPSA) is 33.0 Å². The maximum atomic E-state index is 8.34. The van der Waals surface area contributed by atoms with Crippen molar-refractivity contribution in [1.29, 1.82) is 5.26 Å². The number of ether oxygens (including phenoxy) is 1. The van der Waals surface area contributed by atoms with Crippen molar-refractivity contribution >= 4 is 15.9 Å². The van der Waals surface area contributed by atoms with Crippen molar-refractivity contribution in [3.8, 4) is 6.07 Å². The summed E-state index contributed by atoms with van der Waals surface area (Å²) in [4.78, 5) is 0. The van der Waals surface area contributed by atoms with Crippen LogP contribution in [0.15, 0.2) is 0 Å². The zero-order valence-corrected chi connectivity index (χ0v) is 7.30. The number of halogens is 1. The molecule has 0 aromatic heterocycles. The summed E-state index contributed by atoms with van der Waals surface area (Å²) in [5, 5.41) is 9.24. The van der Waals surface area contributed by atoms with E-state index in [1.54, 1.807) is 0 Å². The Morgan fingerprint density at radius 2 is 2.20 bits per heavy atom. The minimum atomic E-state index is 0.201. The van der Waals surface area contributed by atoms with Crippen LogP contribution in [0.4, 0.5) is 0 Å². The highest BCUT2D eigenvalue weighted by Crippen LogP contribution is 2.22. The Morgan fingerprint density at radius 3 is 2.70 bits per heavy atom. The zero-order valence-electron chi connectivity index (χ0n) is 5.72. The molecule has 1 heterocycles. The minimum absolute atomic E-state index is 0.201. The Balaban J connectivity index is 2.23. The van der Waals surface area contributed by atoms with Gasteiger partial charge in [0, 0.05) is 5.33 Å². The van der Waals surface area contributed by atoms with E-state index in [0.29, 0.717) is 12.5 Å². The van der Waals surface area contributed by atoms with Gasteiger partial charge in [0.25, 0.3) is 0 Å². The van der Waals surface area contributed by atoms with Crippen molar-refractivity contribution < 1.29 is 4.74 Å². The predicted octanol–water partition coefficient (Wildman–Crippen LogP) is 1.84. The van der Waals surface area contributed by atoms with Crippen LogP contribution in [-0.2, 0) is 4.74 Å². The van der Waals surface area contributed by atoms with Crippen LogP contribution in [0.2, 0.25) is 0 Å². The van der Waals surface area contributed by atoms with Gasteiger partial charge in [0.2, 0.25) is 0 Å². The summed E-state index contributed by atoms with van der Waals surface area (Å²) in [7, 11) is 0. The van der Waals surface area contributed by atoms with E-state index in [9.17, 15) is 0 Å². The van der Waals surface area contributed by atoms with Gasteiger partial charge >= 0.3 is 0 Å². The van der Waals surface area contributed by atoms with Crippen LogP contribution in [-0.4, -0.2) is 17.5 Å². The van der Waals surface area contributed by atoms with Crippen LogP contribution in [0.5, 0.6) is 0 Å². The number of hydrogen-bond donors (Lipinski definition) is 0. The molecule has 0 bridgehead atoms. The summed E-state index contributed by atoms with van der Waals surface area (Å²) in [5.41, 5.74) is 0. The Kier molecular flexibility index (Phi) is 3.17. The fourth-order valence-electron chi connectivity index (χ4n) is 1.15. The summed E-state index contributed by atoms with van der Waals surface area (Å²) >= 11 is 3.35. The van der Waals surface area contributed by atoms with Crippen molar-refractivity contribution in [2.24, 2.45) is 0 Å². The van der Waals surface area contributed by atoms with Crippen LogP contribution in [0.3, 0.4) is 0 Å². The summed E-state index contributed by atoms with van der Waals surface area (Å²) in [6.07, 6.45) is 3.23. The third-order valence-corrected chi connectivity index (χ3v) is 2.41. The first-order chi connectivity index (χ1) is 4.86. The Hall–Kier alpha value is -0.0700. The van der Waals surface area contributed by atoms with Crippen molar-refractivity contribution in [2.75, 3.05) is 5.33 Å². The van der Waals surface area contributed by atoms with E-state index in [1.807, 2.05) is 0 Å². The molecule has 1 aliphatic heterocycles. The van der Waals surface area contributed by atoms with Gasteiger partial charge in [0.1, 0.15) is 0 Å². The van der Waals surface area contributed by atoms with Crippen molar-refractivity contribution in [1.82, 2.24) is 0 Å². The molecule has 0 N–H and O–H groups in total. The maximum Gasteiger partial charge on any atom is 0.0710 e. The van der Waals surface area contributed by atoms with Crippen LogP contribution in [0, 0.1) is 11.3 Å². The van der Waals surface area contributed by atoms with E-state index in [1.165, 1.54) is 0 Å². The Morgan fingerprint density at radius 1 is 1.50 bits per heavy atom. The first-order valence-electron chi connectivity index (χ1n) is 3.45. The first-order valence-corrected chi connectivity index (χ1v) is 4.57. The molecule has 2 atom stereocenters. The van der Waals surface area contributed by atoms with Crippen LogP contribution >= 0.6 is 15.9 Å². The molecule has 1 saturated heterocycles. The standard InChI is InChI=1S/C7H10BrNO/c8-5-7-2-1-6(10-7)3-4-9/h6-7H,1-3,5H2. The lowest BCUT2D eigenvalue weighted by Crippen LogP contribution is -2.10. The SMILES string of the molecule is N#CCC1CCC(CBr)O1. The average Bonchev–Trinajstić information content (AvgIpc) is 2.37. The molecule has 10 heavy (non-hydrogen) atoms. The second kappa shape index (κ2) is 3.95. The van der Waals surface area contributed by atoms with Gasteiger partial charge in [-0.3, -0.25) is 0 Å². The van der Waals surface area contributed by atoms with E-state index < -0.39 is 0 Å². The lowest BCUT2D eigenvalue weighted by Gasteiger charge is -2.06. The Bertz CT molecular complexity index is 143. The zero-order chi connectivity index (χ0) is 7.40. The molecule has 0 amide bonds. The van der Waals surface area contributed by atoms with Gasteiger partial charge in [-0.1, -0.05) is 15.9 Å². The molecule has 1 aliphatic rings. The molecule has 2 nitrogen and oxygen atoms in total. The third-order valence-electron chi connectivity index (χ3n) is 1.69. The van der Waals surface area contributed by atoms with Gasteiger partial charge in [0.15, 0.2) is 0 Å². The van der Waals surface area contributed by atoms with E-state index in [0.717, 1.165) is 18.2 Å². The summed E-state index contributed by atoms with van der Waals surface area (Å²) in [6, 6.07) is 2.11. The highest BCUT2D eigenvalue weighted by atomic mass is 79.9. The highest BCUT2D eigenvalue weighted by molar-refractivity contribution is 9.09. The number of nitriles is 1. The molecule has 0 spiro atoms. The monoisotopic (exact) mass is 203 g/mol. The molecule has 0 radical (unpaired) electrons. The normalized spacial score (nSPS) is 32.0. The number of rotatable bonds is 2. The van der Waals surface area contributed by atoms with Crippen molar-refractivity contribution in [2.45, 2.75) is 31.5 Å². The van der Waals surface area contributed by atoms with Crippen molar-refractivity contribution in [3.05, 3.63) is 0 Å².